The van der Waals surface area contributed by atoms with Crippen molar-refractivity contribution in [3.05, 3.63) is 0 Å². The predicted octanol–water partition coefficient (Wildman–Crippen LogP) is 18.9. The van der Waals surface area contributed by atoms with E-state index in [4.69, 9.17) is 14.2 Å². The lowest BCUT2D eigenvalue weighted by Crippen LogP contribution is -2.30. The zero-order valence-electron chi connectivity index (χ0n) is 43.9. The van der Waals surface area contributed by atoms with Crippen molar-refractivity contribution in [2.45, 2.75) is 330 Å². The zero-order chi connectivity index (χ0) is 46.8. The summed E-state index contributed by atoms with van der Waals surface area (Å²) in [5.41, 5.74) is 0. The Labute approximate surface area is 399 Å². The van der Waals surface area contributed by atoms with Crippen LogP contribution in [0.2, 0.25) is 0 Å². The smallest absolute Gasteiger partial charge is 0.306 e. The number of hydrogen-bond donors (Lipinski definition) is 0. The largest absolute Gasteiger partial charge is 0.462 e. The predicted molar refractivity (Wildman–Crippen MR) is 275 cm³/mol. The van der Waals surface area contributed by atoms with Crippen LogP contribution in [-0.4, -0.2) is 37.2 Å². The lowest BCUT2D eigenvalue weighted by atomic mass is 9.99. The van der Waals surface area contributed by atoms with Crippen molar-refractivity contribution in [1.29, 1.82) is 0 Å². The molecule has 0 saturated carbocycles. The van der Waals surface area contributed by atoms with Gasteiger partial charge in [-0.1, -0.05) is 285 Å². The van der Waals surface area contributed by atoms with Gasteiger partial charge in [-0.3, -0.25) is 14.4 Å². The Balaban J connectivity index is 4.25. The molecule has 380 valence electrons. The number of hydrogen-bond acceptors (Lipinski definition) is 6. The third kappa shape index (κ3) is 49.8. The quantitative estimate of drug-likeness (QED) is 0.0344. The van der Waals surface area contributed by atoms with Crippen molar-refractivity contribution in [3.63, 3.8) is 0 Å². The molecule has 6 nitrogen and oxygen atoms in total. The van der Waals surface area contributed by atoms with Crippen LogP contribution in [0.1, 0.15) is 324 Å². The number of carbonyl (C=O) groups is 3. The van der Waals surface area contributed by atoms with Crippen LogP contribution >= 0.6 is 0 Å². The molecule has 0 heterocycles. The molecule has 0 aromatic heterocycles. The molecule has 0 radical (unpaired) electrons. The minimum absolute atomic E-state index is 0.0634. The molecule has 2 atom stereocenters. The standard InChI is InChI=1S/C58H112O6/c1-6-8-9-10-11-12-13-14-15-16-17-21-24-27-33-38-43-48-56(59)62-51-55(64-58(61)50-45-40-35-30-29-31-36-41-46-53(3)4)52-63-57(60)49-44-39-34-28-25-22-19-18-20-23-26-32-37-42-47-54(5)7-2/h53-55H,6-52H2,1-5H3/t54?,55-/m0/s1. The van der Waals surface area contributed by atoms with Gasteiger partial charge in [0.15, 0.2) is 6.10 Å². The Kier molecular flexibility index (Phi) is 49.6. The van der Waals surface area contributed by atoms with Crippen LogP contribution in [0.15, 0.2) is 0 Å². The van der Waals surface area contributed by atoms with E-state index in [-0.39, 0.29) is 31.1 Å². The summed E-state index contributed by atoms with van der Waals surface area (Å²) in [4.78, 5) is 38.1. The molecule has 0 spiro atoms. The summed E-state index contributed by atoms with van der Waals surface area (Å²) in [6.07, 6.45) is 53.8. The van der Waals surface area contributed by atoms with Gasteiger partial charge in [-0.05, 0) is 31.1 Å². The molecule has 0 rings (SSSR count). The minimum atomic E-state index is -0.763. The highest BCUT2D eigenvalue weighted by molar-refractivity contribution is 5.71. The second-order valence-corrected chi connectivity index (χ2v) is 20.6. The fraction of sp³-hybridized carbons (Fsp3) is 0.948. The fourth-order valence-electron chi connectivity index (χ4n) is 8.84. The Morgan fingerprint density at radius 1 is 0.328 bits per heavy atom. The van der Waals surface area contributed by atoms with Crippen LogP contribution in [0.3, 0.4) is 0 Å². The first-order chi connectivity index (χ1) is 31.3. The van der Waals surface area contributed by atoms with Gasteiger partial charge in [-0.2, -0.15) is 0 Å². The fourth-order valence-corrected chi connectivity index (χ4v) is 8.84. The van der Waals surface area contributed by atoms with Crippen LogP contribution in [0, 0.1) is 11.8 Å². The minimum Gasteiger partial charge on any atom is -0.462 e. The van der Waals surface area contributed by atoms with Gasteiger partial charge < -0.3 is 14.2 Å². The Bertz CT molecular complexity index is 980. The average molecular weight is 906 g/mol. The molecule has 64 heavy (non-hydrogen) atoms. The van der Waals surface area contributed by atoms with Gasteiger partial charge in [0.25, 0.3) is 0 Å². The van der Waals surface area contributed by atoms with Crippen molar-refractivity contribution < 1.29 is 28.6 Å². The van der Waals surface area contributed by atoms with Gasteiger partial charge in [0, 0.05) is 19.3 Å². The maximum Gasteiger partial charge on any atom is 0.306 e. The molecule has 0 aliphatic heterocycles. The molecule has 1 unspecified atom stereocenters. The number of unbranched alkanes of at least 4 members (excludes halogenated alkanes) is 36. The second kappa shape index (κ2) is 50.8. The summed E-state index contributed by atoms with van der Waals surface area (Å²) >= 11 is 0. The van der Waals surface area contributed by atoms with Crippen molar-refractivity contribution >= 4 is 17.9 Å². The maximum atomic E-state index is 12.8. The summed E-state index contributed by atoms with van der Waals surface area (Å²) in [6.45, 7) is 11.4. The first-order valence-electron chi connectivity index (χ1n) is 28.8. The highest BCUT2D eigenvalue weighted by Gasteiger charge is 2.19. The van der Waals surface area contributed by atoms with Crippen molar-refractivity contribution in [2.24, 2.45) is 11.8 Å². The van der Waals surface area contributed by atoms with E-state index < -0.39 is 6.10 Å². The zero-order valence-corrected chi connectivity index (χ0v) is 43.9. The summed E-state index contributed by atoms with van der Waals surface area (Å²) in [7, 11) is 0. The molecule has 0 N–H and O–H groups in total. The third-order valence-electron chi connectivity index (χ3n) is 13.6. The number of esters is 3. The molecule has 0 aliphatic carbocycles. The van der Waals surface area contributed by atoms with Crippen LogP contribution in [0.4, 0.5) is 0 Å². The van der Waals surface area contributed by atoms with Crippen molar-refractivity contribution in [3.8, 4) is 0 Å². The molecule has 0 bridgehead atoms. The number of ether oxygens (including phenoxy) is 3. The van der Waals surface area contributed by atoms with Crippen LogP contribution < -0.4 is 0 Å². The van der Waals surface area contributed by atoms with E-state index in [1.807, 2.05) is 0 Å². The third-order valence-corrected chi connectivity index (χ3v) is 13.6. The summed E-state index contributed by atoms with van der Waals surface area (Å²) < 4.78 is 16.9. The van der Waals surface area contributed by atoms with Gasteiger partial charge in [0.1, 0.15) is 13.2 Å². The molecule has 0 aromatic rings. The van der Waals surface area contributed by atoms with Gasteiger partial charge >= 0.3 is 17.9 Å². The highest BCUT2D eigenvalue weighted by atomic mass is 16.6. The normalized spacial score (nSPS) is 12.5. The molecule has 0 amide bonds. The SMILES string of the molecule is CCCCCCCCCCCCCCCCCCCC(=O)OC[C@@H](COC(=O)CCCCCCCCCCCCCCCCC(C)CC)OC(=O)CCCCCCCCCCC(C)C. The van der Waals surface area contributed by atoms with E-state index in [0.29, 0.717) is 19.3 Å². The van der Waals surface area contributed by atoms with Gasteiger partial charge in [0.2, 0.25) is 0 Å². The number of carbonyl (C=O) groups excluding carboxylic acids is 3. The van der Waals surface area contributed by atoms with Crippen LogP contribution in [-0.2, 0) is 28.6 Å². The average Bonchev–Trinajstić information content (AvgIpc) is 3.28. The molecule has 0 aromatic carbocycles. The van der Waals surface area contributed by atoms with Crippen molar-refractivity contribution in [1.82, 2.24) is 0 Å². The van der Waals surface area contributed by atoms with Crippen molar-refractivity contribution in [2.75, 3.05) is 13.2 Å². The van der Waals surface area contributed by atoms with Gasteiger partial charge in [-0.25, -0.2) is 0 Å². The topological polar surface area (TPSA) is 78.9 Å². The Morgan fingerprint density at radius 2 is 0.594 bits per heavy atom. The summed E-state index contributed by atoms with van der Waals surface area (Å²) in [6, 6.07) is 0. The van der Waals surface area contributed by atoms with E-state index in [1.54, 1.807) is 0 Å². The lowest BCUT2D eigenvalue weighted by Gasteiger charge is -2.18. The van der Waals surface area contributed by atoms with E-state index in [2.05, 4.69) is 34.6 Å². The molecule has 6 heteroatoms. The van der Waals surface area contributed by atoms with E-state index in [9.17, 15) is 14.4 Å². The Morgan fingerprint density at radius 3 is 0.891 bits per heavy atom. The summed E-state index contributed by atoms with van der Waals surface area (Å²) in [5.74, 6) is 0.846. The molecule has 0 fully saturated rings. The highest BCUT2D eigenvalue weighted by Crippen LogP contribution is 2.18. The van der Waals surface area contributed by atoms with Gasteiger partial charge in [-0.15, -0.1) is 0 Å². The molecular formula is C58H112O6. The van der Waals surface area contributed by atoms with Gasteiger partial charge in [0.05, 0.1) is 0 Å². The second-order valence-electron chi connectivity index (χ2n) is 20.6. The summed E-state index contributed by atoms with van der Waals surface area (Å²) in [5, 5.41) is 0. The lowest BCUT2D eigenvalue weighted by molar-refractivity contribution is -0.167. The molecular weight excluding hydrogens is 793 g/mol. The van der Waals surface area contributed by atoms with E-state index in [0.717, 1.165) is 69.6 Å². The first kappa shape index (κ1) is 62.4. The van der Waals surface area contributed by atoms with E-state index in [1.165, 1.54) is 212 Å². The van der Waals surface area contributed by atoms with E-state index >= 15 is 0 Å². The van der Waals surface area contributed by atoms with Crippen LogP contribution in [0.25, 0.3) is 0 Å². The molecule has 0 aliphatic rings. The maximum absolute atomic E-state index is 12.8. The number of rotatable bonds is 52. The molecule has 0 saturated heterocycles. The van der Waals surface area contributed by atoms with Crippen LogP contribution in [0.5, 0.6) is 0 Å². The monoisotopic (exact) mass is 905 g/mol. The first-order valence-corrected chi connectivity index (χ1v) is 28.8. The Hall–Kier alpha value is -1.59.